The zero-order chi connectivity index (χ0) is 11.6. The molecule has 1 aromatic rings. The first-order valence-electron chi connectivity index (χ1n) is 5.15. The number of hydrogen-bond donors (Lipinski definition) is 1. The van der Waals surface area contributed by atoms with E-state index in [0.29, 0.717) is 12.1 Å². The van der Waals surface area contributed by atoms with Crippen LogP contribution in [0.4, 0.5) is 13.2 Å². The van der Waals surface area contributed by atoms with Crippen molar-refractivity contribution in [1.82, 2.24) is 5.32 Å². The lowest BCUT2D eigenvalue weighted by Gasteiger charge is -2.15. The van der Waals surface area contributed by atoms with Crippen LogP contribution in [0.15, 0.2) is 30.3 Å². The van der Waals surface area contributed by atoms with Crippen LogP contribution in [0.1, 0.15) is 17.5 Å². The van der Waals surface area contributed by atoms with Crippen molar-refractivity contribution in [2.75, 3.05) is 13.1 Å². The quantitative estimate of drug-likeness (QED) is 0.777. The lowest BCUT2D eigenvalue weighted by Crippen LogP contribution is -2.21. The molecule has 0 atom stereocenters. The summed E-state index contributed by atoms with van der Waals surface area (Å²) in [4.78, 5) is 0. The number of halogens is 3. The second kappa shape index (κ2) is 4.29. The Morgan fingerprint density at radius 1 is 1.19 bits per heavy atom. The van der Waals surface area contributed by atoms with Crippen LogP contribution in [-0.4, -0.2) is 13.1 Å². The average molecular weight is 227 g/mol. The first kappa shape index (κ1) is 11.2. The SMILES string of the molecule is FC(F)(F)c1cccc(C2=CCCNC2)c1. The maximum absolute atomic E-state index is 12.5. The normalized spacial score (nSPS) is 17.1. The summed E-state index contributed by atoms with van der Waals surface area (Å²) in [5, 5.41) is 3.14. The molecule has 0 bridgehead atoms. The molecule has 4 heteroatoms. The van der Waals surface area contributed by atoms with Crippen molar-refractivity contribution in [3.8, 4) is 0 Å². The highest BCUT2D eigenvalue weighted by atomic mass is 19.4. The van der Waals surface area contributed by atoms with Gasteiger partial charge in [-0.25, -0.2) is 0 Å². The van der Waals surface area contributed by atoms with Crippen LogP contribution in [0.5, 0.6) is 0 Å². The first-order chi connectivity index (χ1) is 7.57. The molecule has 1 heterocycles. The minimum Gasteiger partial charge on any atom is -0.312 e. The van der Waals surface area contributed by atoms with E-state index in [9.17, 15) is 13.2 Å². The molecule has 1 aliphatic heterocycles. The van der Waals surface area contributed by atoms with Crippen LogP contribution in [0, 0.1) is 0 Å². The minimum absolute atomic E-state index is 0.587. The van der Waals surface area contributed by atoms with Crippen molar-refractivity contribution in [1.29, 1.82) is 0 Å². The molecular formula is C12H12F3N. The molecular weight excluding hydrogens is 215 g/mol. The average Bonchev–Trinajstić information content (AvgIpc) is 2.29. The molecule has 0 spiro atoms. The van der Waals surface area contributed by atoms with Crippen molar-refractivity contribution in [2.45, 2.75) is 12.6 Å². The maximum Gasteiger partial charge on any atom is 0.416 e. The molecule has 86 valence electrons. The number of alkyl halides is 3. The van der Waals surface area contributed by atoms with E-state index in [-0.39, 0.29) is 0 Å². The molecule has 0 aliphatic carbocycles. The zero-order valence-corrected chi connectivity index (χ0v) is 8.64. The molecule has 0 saturated carbocycles. The lowest BCUT2D eigenvalue weighted by molar-refractivity contribution is -0.137. The summed E-state index contributed by atoms with van der Waals surface area (Å²) >= 11 is 0. The smallest absolute Gasteiger partial charge is 0.312 e. The Hall–Kier alpha value is -1.29. The molecule has 1 aliphatic rings. The monoisotopic (exact) mass is 227 g/mol. The van der Waals surface area contributed by atoms with Gasteiger partial charge >= 0.3 is 6.18 Å². The Morgan fingerprint density at radius 2 is 2.00 bits per heavy atom. The van der Waals surface area contributed by atoms with E-state index in [1.807, 2.05) is 6.08 Å². The van der Waals surface area contributed by atoms with Crippen molar-refractivity contribution in [2.24, 2.45) is 0 Å². The van der Waals surface area contributed by atoms with Gasteiger partial charge in [-0.2, -0.15) is 13.2 Å². The van der Waals surface area contributed by atoms with Crippen molar-refractivity contribution in [3.05, 3.63) is 41.5 Å². The van der Waals surface area contributed by atoms with Gasteiger partial charge in [-0.3, -0.25) is 0 Å². The van der Waals surface area contributed by atoms with Crippen molar-refractivity contribution in [3.63, 3.8) is 0 Å². The standard InChI is InChI=1S/C12H12F3N/c13-12(14,15)11-5-1-3-9(7-11)10-4-2-6-16-8-10/h1,3-5,7,16H,2,6,8H2. The Balaban J connectivity index is 2.32. The third-order valence-corrected chi connectivity index (χ3v) is 2.59. The Labute approximate surface area is 92.0 Å². The summed E-state index contributed by atoms with van der Waals surface area (Å²) < 4.78 is 37.5. The van der Waals surface area contributed by atoms with Gasteiger partial charge in [-0.15, -0.1) is 0 Å². The van der Waals surface area contributed by atoms with Gasteiger partial charge < -0.3 is 5.32 Å². The second-order valence-corrected chi connectivity index (χ2v) is 3.77. The summed E-state index contributed by atoms with van der Waals surface area (Å²) in [7, 11) is 0. The Kier molecular flexibility index (Phi) is 3.01. The highest BCUT2D eigenvalue weighted by Gasteiger charge is 2.30. The molecule has 0 saturated heterocycles. The maximum atomic E-state index is 12.5. The summed E-state index contributed by atoms with van der Waals surface area (Å²) in [5.41, 5.74) is 1.01. The van der Waals surface area contributed by atoms with Gasteiger partial charge in [0.1, 0.15) is 0 Å². The largest absolute Gasteiger partial charge is 0.416 e. The van der Waals surface area contributed by atoms with Crippen molar-refractivity contribution >= 4 is 5.57 Å². The third kappa shape index (κ3) is 2.44. The number of rotatable bonds is 1. The molecule has 1 N–H and O–H groups in total. The molecule has 0 aromatic heterocycles. The van der Waals surface area contributed by atoms with Crippen LogP contribution in [0.25, 0.3) is 5.57 Å². The predicted molar refractivity (Wildman–Crippen MR) is 56.9 cm³/mol. The predicted octanol–water partition coefficient (Wildman–Crippen LogP) is 3.08. The molecule has 0 amide bonds. The highest BCUT2D eigenvalue weighted by molar-refractivity contribution is 5.68. The lowest BCUT2D eigenvalue weighted by atomic mass is 10.00. The first-order valence-corrected chi connectivity index (χ1v) is 5.15. The molecule has 1 aromatic carbocycles. The Morgan fingerprint density at radius 3 is 2.62 bits per heavy atom. The fourth-order valence-electron chi connectivity index (χ4n) is 1.76. The Bertz CT molecular complexity index is 407. The number of hydrogen-bond acceptors (Lipinski definition) is 1. The van der Waals surface area contributed by atoms with Gasteiger partial charge in [0.05, 0.1) is 5.56 Å². The van der Waals surface area contributed by atoms with E-state index in [1.54, 1.807) is 6.07 Å². The zero-order valence-electron chi connectivity index (χ0n) is 8.64. The van der Waals surface area contributed by atoms with Gasteiger partial charge in [-0.05, 0) is 36.2 Å². The van der Waals surface area contributed by atoms with Gasteiger partial charge in [0.25, 0.3) is 0 Å². The minimum atomic E-state index is -4.27. The van der Waals surface area contributed by atoms with E-state index in [2.05, 4.69) is 5.32 Å². The van der Waals surface area contributed by atoms with E-state index < -0.39 is 11.7 Å². The molecule has 0 radical (unpaired) electrons. The molecule has 2 rings (SSSR count). The fourth-order valence-corrected chi connectivity index (χ4v) is 1.76. The molecule has 16 heavy (non-hydrogen) atoms. The highest BCUT2D eigenvalue weighted by Crippen LogP contribution is 2.31. The van der Waals surface area contributed by atoms with Crippen LogP contribution >= 0.6 is 0 Å². The second-order valence-electron chi connectivity index (χ2n) is 3.77. The summed E-state index contributed by atoms with van der Waals surface area (Å²) in [6.07, 6.45) is -1.41. The molecule has 0 unspecified atom stereocenters. The van der Waals surface area contributed by atoms with Crippen molar-refractivity contribution < 1.29 is 13.2 Å². The van der Waals surface area contributed by atoms with Gasteiger partial charge in [0.2, 0.25) is 0 Å². The number of nitrogens with one attached hydrogen (secondary N) is 1. The summed E-state index contributed by atoms with van der Waals surface area (Å²) in [5.74, 6) is 0. The number of benzene rings is 1. The van der Waals surface area contributed by atoms with Gasteiger partial charge in [0, 0.05) is 6.54 Å². The molecule has 0 fully saturated rings. The summed E-state index contributed by atoms with van der Waals surface area (Å²) in [6, 6.07) is 5.47. The summed E-state index contributed by atoms with van der Waals surface area (Å²) in [6.45, 7) is 1.53. The van der Waals surface area contributed by atoms with E-state index >= 15 is 0 Å². The van der Waals surface area contributed by atoms with Crippen LogP contribution in [0.3, 0.4) is 0 Å². The van der Waals surface area contributed by atoms with E-state index in [1.165, 1.54) is 12.1 Å². The van der Waals surface area contributed by atoms with E-state index in [0.717, 1.165) is 24.6 Å². The van der Waals surface area contributed by atoms with Gasteiger partial charge in [-0.1, -0.05) is 18.2 Å². The van der Waals surface area contributed by atoms with Crippen LogP contribution < -0.4 is 5.32 Å². The topological polar surface area (TPSA) is 12.0 Å². The fraction of sp³-hybridized carbons (Fsp3) is 0.333. The van der Waals surface area contributed by atoms with E-state index in [4.69, 9.17) is 0 Å². The molecule has 1 nitrogen and oxygen atoms in total. The third-order valence-electron chi connectivity index (χ3n) is 2.59. The van der Waals surface area contributed by atoms with Gasteiger partial charge in [0.15, 0.2) is 0 Å². The van der Waals surface area contributed by atoms with Crippen LogP contribution in [0.2, 0.25) is 0 Å². The van der Waals surface area contributed by atoms with Crippen LogP contribution in [-0.2, 0) is 6.18 Å².